The minimum Gasteiger partial charge on any atom is -0.385 e. The van der Waals surface area contributed by atoms with Gasteiger partial charge in [-0.2, -0.15) is 0 Å². The lowest BCUT2D eigenvalue weighted by atomic mass is 10.1. The third kappa shape index (κ3) is 4.49. The van der Waals surface area contributed by atoms with Gasteiger partial charge < -0.3 is 10.5 Å². The van der Waals surface area contributed by atoms with Crippen molar-refractivity contribution in [3.63, 3.8) is 0 Å². The van der Waals surface area contributed by atoms with Crippen LogP contribution in [0.3, 0.4) is 0 Å². The Morgan fingerprint density at radius 3 is 2.73 bits per heavy atom. The molecule has 1 aliphatic heterocycles. The molecular weight excluding hydrogens is 188 g/mol. The van der Waals surface area contributed by atoms with Crippen molar-refractivity contribution in [2.24, 2.45) is 11.7 Å². The predicted octanol–water partition coefficient (Wildman–Crippen LogP) is 1.47. The first-order valence-corrected chi connectivity index (χ1v) is 6.12. The number of nitrogens with zero attached hydrogens (tertiary/aromatic N) is 1. The quantitative estimate of drug-likeness (QED) is 0.681. The molecule has 1 rings (SSSR count). The molecule has 3 unspecified atom stereocenters. The van der Waals surface area contributed by atoms with E-state index >= 15 is 0 Å². The summed E-state index contributed by atoms with van der Waals surface area (Å²) in [5.41, 5.74) is 6.10. The highest BCUT2D eigenvalue weighted by Crippen LogP contribution is 2.22. The van der Waals surface area contributed by atoms with Gasteiger partial charge in [0.05, 0.1) is 0 Å². The Hall–Kier alpha value is -0.120. The number of nitrogens with two attached hydrogens (primary N) is 1. The Morgan fingerprint density at radius 1 is 1.47 bits per heavy atom. The molecule has 1 fully saturated rings. The Bertz CT molecular complexity index is 175. The molecule has 0 aromatic heterocycles. The first-order chi connectivity index (χ1) is 7.13. The van der Waals surface area contributed by atoms with Crippen LogP contribution in [0.2, 0.25) is 0 Å². The van der Waals surface area contributed by atoms with E-state index in [9.17, 15) is 0 Å². The summed E-state index contributed by atoms with van der Waals surface area (Å²) < 4.78 is 5.03. The maximum atomic E-state index is 6.10. The number of rotatable bonds is 6. The molecular formula is C12H26N2O. The summed E-state index contributed by atoms with van der Waals surface area (Å²) >= 11 is 0. The monoisotopic (exact) mass is 214 g/mol. The highest BCUT2D eigenvalue weighted by molar-refractivity contribution is 4.82. The zero-order chi connectivity index (χ0) is 11.3. The van der Waals surface area contributed by atoms with E-state index in [1.165, 1.54) is 13.0 Å². The van der Waals surface area contributed by atoms with Crippen LogP contribution in [0.5, 0.6) is 0 Å². The lowest BCUT2D eigenvalue weighted by Crippen LogP contribution is -2.39. The zero-order valence-corrected chi connectivity index (χ0v) is 10.4. The summed E-state index contributed by atoms with van der Waals surface area (Å²) in [6.45, 7) is 7.74. The first kappa shape index (κ1) is 12.9. The van der Waals surface area contributed by atoms with Crippen LogP contribution >= 0.6 is 0 Å². The molecule has 3 heteroatoms. The highest BCUT2D eigenvalue weighted by Gasteiger charge is 2.26. The van der Waals surface area contributed by atoms with Crippen molar-refractivity contribution < 1.29 is 4.74 Å². The van der Waals surface area contributed by atoms with Gasteiger partial charge in [0.2, 0.25) is 0 Å². The van der Waals surface area contributed by atoms with E-state index in [0.29, 0.717) is 12.1 Å². The van der Waals surface area contributed by atoms with Crippen LogP contribution in [0.4, 0.5) is 0 Å². The van der Waals surface area contributed by atoms with E-state index in [-0.39, 0.29) is 0 Å². The molecule has 0 bridgehead atoms. The van der Waals surface area contributed by atoms with Gasteiger partial charge in [0, 0.05) is 38.9 Å². The fourth-order valence-electron chi connectivity index (χ4n) is 2.52. The van der Waals surface area contributed by atoms with E-state index in [2.05, 4.69) is 18.7 Å². The Kier molecular flexibility index (Phi) is 5.58. The molecule has 0 aromatic carbocycles. The molecule has 0 radical (unpaired) electrons. The summed E-state index contributed by atoms with van der Waals surface area (Å²) in [6, 6.07) is 1.03. The molecule has 1 heterocycles. The smallest absolute Gasteiger partial charge is 0.0462 e. The molecule has 0 aliphatic carbocycles. The number of hydrogen-bond donors (Lipinski definition) is 1. The van der Waals surface area contributed by atoms with E-state index in [1.807, 2.05) is 0 Å². The Labute approximate surface area is 94.0 Å². The van der Waals surface area contributed by atoms with Crippen LogP contribution in [-0.4, -0.2) is 43.8 Å². The number of hydrogen-bond acceptors (Lipinski definition) is 3. The van der Waals surface area contributed by atoms with Gasteiger partial charge in [0.1, 0.15) is 0 Å². The molecule has 0 saturated carbocycles. The molecule has 0 amide bonds. The van der Waals surface area contributed by atoms with E-state index in [4.69, 9.17) is 10.5 Å². The largest absolute Gasteiger partial charge is 0.385 e. The van der Waals surface area contributed by atoms with Gasteiger partial charge in [-0.3, -0.25) is 4.90 Å². The minimum atomic E-state index is 0.313. The van der Waals surface area contributed by atoms with Gasteiger partial charge in [-0.1, -0.05) is 6.92 Å². The molecule has 3 nitrogen and oxygen atoms in total. The lowest BCUT2D eigenvalue weighted by Gasteiger charge is -2.24. The van der Waals surface area contributed by atoms with Crippen LogP contribution in [0.1, 0.15) is 33.1 Å². The molecule has 1 saturated heterocycles. The number of likely N-dealkylation sites (tertiary alicyclic amines) is 1. The number of methoxy groups -OCH3 is 1. The number of ether oxygens (including phenoxy) is 1. The minimum absolute atomic E-state index is 0.313. The summed E-state index contributed by atoms with van der Waals surface area (Å²) in [5.74, 6) is 0.839. The molecule has 0 aromatic rings. The molecule has 0 spiro atoms. The second-order valence-electron chi connectivity index (χ2n) is 5.04. The molecule has 2 N–H and O–H groups in total. The summed E-state index contributed by atoms with van der Waals surface area (Å²) in [5, 5.41) is 0. The third-order valence-electron chi connectivity index (χ3n) is 3.31. The summed E-state index contributed by atoms with van der Waals surface area (Å²) in [6.07, 6.45) is 3.48. The second kappa shape index (κ2) is 6.46. The first-order valence-electron chi connectivity index (χ1n) is 6.12. The van der Waals surface area contributed by atoms with E-state index < -0.39 is 0 Å². The maximum Gasteiger partial charge on any atom is 0.0462 e. The fourth-order valence-corrected chi connectivity index (χ4v) is 2.52. The van der Waals surface area contributed by atoms with Crippen LogP contribution in [0.15, 0.2) is 0 Å². The van der Waals surface area contributed by atoms with Crippen LogP contribution in [0, 0.1) is 5.92 Å². The predicted molar refractivity (Wildman–Crippen MR) is 63.9 cm³/mol. The Balaban J connectivity index is 2.16. The van der Waals surface area contributed by atoms with E-state index in [0.717, 1.165) is 31.9 Å². The van der Waals surface area contributed by atoms with Crippen molar-refractivity contribution in [2.75, 3.05) is 26.8 Å². The molecule has 15 heavy (non-hydrogen) atoms. The average Bonchev–Trinajstić information content (AvgIpc) is 2.45. The van der Waals surface area contributed by atoms with Crippen molar-refractivity contribution in [3.05, 3.63) is 0 Å². The second-order valence-corrected chi connectivity index (χ2v) is 5.04. The zero-order valence-electron chi connectivity index (χ0n) is 10.4. The van der Waals surface area contributed by atoms with Crippen molar-refractivity contribution in [1.82, 2.24) is 4.90 Å². The van der Waals surface area contributed by atoms with Gasteiger partial charge in [-0.15, -0.1) is 0 Å². The van der Waals surface area contributed by atoms with Gasteiger partial charge in [-0.05, 0) is 32.1 Å². The molecule has 90 valence electrons. The summed E-state index contributed by atoms with van der Waals surface area (Å²) in [4.78, 5) is 2.53. The normalized spacial score (nSPS) is 29.6. The third-order valence-corrected chi connectivity index (χ3v) is 3.31. The molecule has 3 atom stereocenters. The maximum absolute atomic E-state index is 6.10. The SMILES string of the molecule is COCCCC(N)CN1CC(C)CC1C. The van der Waals surface area contributed by atoms with Crippen LogP contribution < -0.4 is 5.73 Å². The van der Waals surface area contributed by atoms with Crippen molar-refractivity contribution in [2.45, 2.75) is 45.2 Å². The van der Waals surface area contributed by atoms with Crippen LogP contribution in [0.25, 0.3) is 0 Å². The lowest BCUT2D eigenvalue weighted by molar-refractivity contribution is 0.184. The average molecular weight is 214 g/mol. The van der Waals surface area contributed by atoms with Gasteiger partial charge >= 0.3 is 0 Å². The van der Waals surface area contributed by atoms with Crippen LogP contribution in [-0.2, 0) is 4.74 Å². The highest BCUT2D eigenvalue weighted by atomic mass is 16.5. The van der Waals surface area contributed by atoms with Crippen molar-refractivity contribution in [1.29, 1.82) is 0 Å². The fraction of sp³-hybridized carbons (Fsp3) is 1.00. The standard InChI is InChI=1S/C12H26N2O/c1-10-7-11(2)14(8-10)9-12(13)5-4-6-15-3/h10-12H,4-9,13H2,1-3H3. The van der Waals surface area contributed by atoms with Gasteiger partial charge in [-0.25, -0.2) is 0 Å². The topological polar surface area (TPSA) is 38.5 Å². The van der Waals surface area contributed by atoms with Crippen molar-refractivity contribution >= 4 is 0 Å². The molecule has 1 aliphatic rings. The van der Waals surface area contributed by atoms with E-state index in [1.54, 1.807) is 7.11 Å². The summed E-state index contributed by atoms with van der Waals surface area (Å²) in [7, 11) is 1.75. The van der Waals surface area contributed by atoms with Gasteiger partial charge in [0.25, 0.3) is 0 Å². The Morgan fingerprint density at radius 2 is 2.20 bits per heavy atom. The van der Waals surface area contributed by atoms with Crippen molar-refractivity contribution in [3.8, 4) is 0 Å². The van der Waals surface area contributed by atoms with Gasteiger partial charge in [0.15, 0.2) is 0 Å².